The van der Waals surface area contributed by atoms with Crippen molar-refractivity contribution in [3.05, 3.63) is 0 Å². The Morgan fingerprint density at radius 3 is 2.76 bits per heavy atom. The Hall–Kier alpha value is -0.590. The minimum Gasteiger partial charge on any atom is -0.303 e. The highest BCUT2D eigenvalue weighted by Crippen LogP contribution is 2.32. The Morgan fingerprint density at radius 1 is 1.53 bits per heavy atom. The molecule has 98 valence electrons. The summed E-state index contributed by atoms with van der Waals surface area (Å²) in [5.41, 5.74) is -0.258. The zero-order valence-electron chi connectivity index (χ0n) is 11.8. The summed E-state index contributed by atoms with van der Waals surface area (Å²) in [5, 5.41) is 12.8. The van der Waals surface area contributed by atoms with Gasteiger partial charge in [0.1, 0.15) is 5.54 Å². The summed E-state index contributed by atoms with van der Waals surface area (Å²) >= 11 is 0. The fourth-order valence-corrected chi connectivity index (χ4v) is 2.79. The van der Waals surface area contributed by atoms with Crippen LogP contribution in [0.1, 0.15) is 46.5 Å². The summed E-state index contributed by atoms with van der Waals surface area (Å²) in [6.07, 6.45) is 4.22. The Kier molecular flexibility index (Phi) is 5.42. The molecular weight excluding hydrogens is 210 g/mol. The molecule has 1 aliphatic carbocycles. The van der Waals surface area contributed by atoms with Crippen LogP contribution < -0.4 is 5.32 Å². The predicted octanol–water partition coefficient (Wildman–Crippen LogP) is 2.39. The standard InChI is InChI=1S/C14H27N3/c1-5-8-16-14(11-15)7-6-13(9-14)17(4)10-12(2)3/h12-13,16H,5-10H2,1-4H3. The number of nitrogens with zero attached hydrogens (tertiary/aromatic N) is 2. The summed E-state index contributed by atoms with van der Waals surface area (Å²) < 4.78 is 0. The van der Waals surface area contributed by atoms with Crippen LogP contribution in [0.2, 0.25) is 0 Å². The minimum atomic E-state index is -0.258. The van der Waals surface area contributed by atoms with Crippen molar-refractivity contribution in [3.8, 4) is 6.07 Å². The van der Waals surface area contributed by atoms with Crippen molar-refractivity contribution in [2.24, 2.45) is 5.92 Å². The highest BCUT2D eigenvalue weighted by atomic mass is 15.1. The number of nitrogens with one attached hydrogen (secondary N) is 1. The average Bonchev–Trinajstić information content (AvgIpc) is 2.71. The van der Waals surface area contributed by atoms with Crippen LogP contribution in [0.15, 0.2) is 0 Å². The van der Waals surface area contributed by atoms with Gasteiger partial charge in [0.25, 0.3) is 0 Å². The lowest BCUT2D eigenvalue weighted by atomic mass is 9.99. The molecule has 0 saturated heterocycles. The van der Waals surface area contributed by atoms with Crippen molar-refractivity contribution in [1.82, 2.24) is 10.2 Å². The van der Waals surface area contributed by atoms with E-state index in [0.29, 0.717) is 12.0 Å². The molecule has 0 radical (unpaired) electrons. The quantitative estimate of drug-likeness (QED) is 0.771. The number of rotatable bonds is 6. The third-order valence-electron chi connectivity index (χ3n) is 3.69. The monoisotopic (exact) mass is 237 g/mol. The molecule has 1 N–H and O–H groups in total. The summed E-state index contributed by atoms with van der Waals surface area (Å²) in [7, 11) is 2.19. The van der Waals surface area contributed by atoms with Gasteiger partial charge in [0.2, 0.25) is 0 Å². The van der Waals surface area contributed by atoms with E-state index in [1.165, 1.54) is 0 Å². The minimum absolute atomic E-state index is 0.258. The van der Waals surface area contributed by atoms with Gasteiger partial charge in [-0.05, 0) is 45.2 Å². The zero-order valence-corrected chi connectivity index (χ0v) is 11.8. The van der Waals surface area contributed by atoms with E-state index in [-0.39, 0.29) is 5.54 Å². The molecule has 17 heavy (non-hydrogen) atoms. The van der Waals surface area contributed by atoms with Crippen molar-refractivity contribution in [3.63, 3.8) is 0 Å². The number of nitriles is 1. The van der Waals surface area contributed by atoms with E-state index in [1.54, 1.807) is 0 Å². The topological polar surface area (TPSA) is 39.1 Å². The SMILES string of the molecule is CCCNC1(C#N)CCC(N(C)CC(C)C)C1. The van der Waals surface area contributed by atoms with Crippen molar-refractivity contribution in [2.75, 3.05) is 20.1 Å². The first kappa shape index (κ1) is 14.5. The Labute approximate surface area is 106 Å². The number of hydrogen-bond acceptors (Lipinski definition) is 3. The zero-order chi connectivity index (χ0) is 12.9. The molecule has 1 saturated carbocycles. The van der Waals surface area contributed by atoms with Crippen LogP contribution >= 0.6 is 0 Å². The van der Waals surface area contributed by atoms with Crippen molar-refractivity contribution in [1.29, 1.82) is 5.26 Å². The molecule has 0 aromatic rings. The lowest BCUT2D eigenvalue weighted by Crippen LogP contribution is -2.44. The fourth-order valence-electron chi connectivity index (χ4n) is 2.79. The third-order valence-corrected chi connectivity index (χ3v) is 3.69. The molecular formula is C14H27N3. The summed E-state index contributed by atoms with van der Waals surface area (Å²) in [4.78, 5) is 2.43. The fraction of sp³-hybridized carbons (Fsp3) is 0.929. The van der Waals surface area contributed by atoms with Crippen molar-refractivity contribution < 1.29 is 0 Å². The van der Waals surface area contributed by atoms with E-state index in [4.69, 9.17) is 0 Å². The van der Waals surface area contributed by atoms with Gasteiger partial charge in [-0.3, -0.25) is 5.32 Å². The van der Waals surface area contributed by atoms with E-state index in [2.05, 4.69) is 44.1 Å². The van der Waals surface area contributed by atoms with Gasteiger partial charge in [0.05, 0.1) is 6.07 Å². The molecule has 0 heterocycles. The largest absolute Gasteiger partial charge is 0.303 e. The van der Waals surface area contributed by atoms with Gasteiger partial charge in [-0.2, -0.15) is 5.26 Å². The second-order valence-electron chi connectivity index (χ2n) is 5.85. The molecule has 3 nitrogen and oxygen atoms in total. The lowest BCUT2D eigenvalue weighted by molar-refractivity contribution is 0.212. The van der Waals surface area contributed by atoms with Crippen molar-refractivity contribution in [2.45, 2.75) is 58.0 Å². The normalized spacial score (nSPS) is 28.9. The van der Waals surface area contributed by atoms with Gasteiger partial charge >= 0.3 is 0 Å². The molecule has 0 spiro atoms. The number of hydrogen-bond donors (Lipinski definition) is 1. The molecule has 2 unspecified atom stereocenters. The maximum atomic E-state index is 9.39. The first-order valence-electron chi connectivity index (χ1n) is 6.89. The lowest BCUT2D eigenvalue weighted by Gasteiger charge is -2.28. The van der Waals surface area contributed by atoms with E-state index in [9.17, 15) is 5.26 Å². The van der Waals surface area contributed by atoms with Gasteiger partial charge in [-0.25, -0.2) is 0 Å². The predicted molar refractivity (Wildman–Crippen MR) is 71.7 cm³/mol. The second-order valence-corrected chi connectivity index (χ2v) is 5.85. The third kappa shape index (κ3) is 3.97. The average molecular weight is 237 g/mol. The molecule has 0 aliphatic heterocycles. The van der Waals surface area contributed by atoms with Crippen LogP contribution in [0.3, 0.4) is 0 Å². The highest BCUT2D eigenvalue weighted by molar-refractivity contribution is 5.13. The van der Waals surface area contributed by atoms with Gasteiger partial charge in [-0.15, -0.1) is 0 Å². The summed E-state index contributed by atoms with van der Waals surface area (Å²) in [5.74, 6) is 0.695. The van der Waals surface area contributed by atoms with E-state index in [1.807, 2.05) is 0 Å². The van der Waals surface area contributed by atoms with Gasteiger partial charge in [-0.1, -0.05) is 20.8 Å². The van der Waals surface area contributed by atoms with Gasteiger partial charge < -0.3 is 4.90 Å². The van der Waals surface area contributed by atoms with Crippen LogP contribution in [0.25, 0.3) is 0 Å². The summed E-state index contributed by atoms with van der Waals surface area (Å²) in [6, 6.07) is 3.08. The van der Waals surface area contributed by atoms with Crippen LogP contribution in [-0.4, -0.2) is 36.6 Å². The smallest absolute Gasteiger partial charge is 0.108 e. The van der Waals surface area contributed by atoms with Crippen molar-refractivity contribution >= 4 is 0 Å². The van der Waals surface area contributed by atoms with Crippen LogP contribution in [0.4, 0.5) is 0 Å². The molecule has 1 fully saturated rings. The first-order chi connectivity index (χ1) is 8.03. The molecule has 0 bridgehead atoms. The summed E-state index contributed by atoms with van der Waals surface area (Å²) in [6.45, 7) is 8.72. The molecule has 1 aliphatic rings. The maximum absolute atomic E-state index is 9.39. The maximum Gasteiger partial charge on any atom is 0.108 e. The second kappa shape index (κ2) is 6.37. The molecule has 0 amide bonds. The van der Waals surface area contributed by atoms with E-state index < -0.39 is 0 Å². The van der Waals surface area contributed by atoms with Gasteiger partial charge in [0, 0.05) is 12.6 Å². The molecule has 2 atom stereocenters. The van der Waals surface area contributed by atoms with Gasteiger partial charge in [0.15, 0.2) is 0 Å². The Morgan fingerprint density at radius 2 is 2.24 bits per heavy atom. The van der Waals surface area contributed by atoms with Crippen LogP contribution in [0.5, 0.6) is 0 Å². The molecule has 0 aromatic heterocycles. The first-order valence-corrected chi connectivity index (χ1v) is 6.89. The molecule has 0 aromatic carbocycles. The van der Waals surface area contributed by atoms with Crippen LogP contribution in [0, 0.1) is 17.2 Å². The molecule has 1 rings (SSSR count). The van der Waals surface area contributed by atoms with E-state index in [0.717, 1.165) is 38.8 Å². The van der Waals surface area contributed by atoms with Crippen LogP contribution in [-0.2, 0) is 0 Å². The highest BCUT2D eigenvalue weighted by Gasteiger charge is 2.40. The Bertz CT molecular complexity index is 269. The molecule has 3 heteroatoms. The Balaban J connectivity index is 2.52. The van der Waals surface area contributed by atoms with E-state index >= 15 is 0 Å².